The van der Waals surface area contributed by atoms with Crippen LogP contribution in [-0.4, -0.2) is 50.2 Å². The fourth-order valence-corrected chi connectivity index (χ4v) is 2.21. The summed E-state index contributed by atoms with van der Waals surface area (Å²) in [6.07, 6.45) is 2.69. The first kappa shape index (κ1) is 13.5. The summed E-state index contributed by atoms with van der Waals surface area (Å²) in [6.45, 7) is 2.93. The highest BCUT2D eigenvalue weighted by molar-refractivity contribution is 5.90. The molecule has 7 heteroatoms. The van der Waals surface area contributed by atoms with E-state index < -0.39 is 5.97 Å². The van der Waals surface area contributed by atoms with E-state index >= 15 is 0 Å². The van der Waals surface area contributed by atoms with E-state index in [0.29, 0.717) is 31.8 Å². The Morgan fingerprint density at radius 1 is 1.42 bits per heavy atom. The van der Waals surface area contributed by atoms with Crippen molar-refractivity contribution in [2.75, 3.05) is 13.1 Å². The summed E-state index contributed by atoms with van der Waals surface area (Å²) in [5.41, 5.74) is 0. The standard InChI is InChI=1S/C12H18N4O3/c1-2-3-9-13-10(15-14-9)11(17)16-6-4-8(5-7-16)12(18)19/h8H,2-7H2,1H3,(H,18,19)(H,13,14,15). The molecule has 0 saturated carbocycles. The number of hydrogen-bond donors (Lipinski definition) is 2. The Morgan fingerprint density at radius 2 is 2.11 bits per heavy atom. The van der Waals surface area contributed by atoms with Crippen molar-refractivity contribution < 1.29 is 14.7 Å². The van der Waals surface area contributed by atoms with Gasteiger partial charge in [0.1, 0.15) is 5.82 Å². The van der Waals surface area contributed by atoms with Crippen molar-refractivity contribution in [3.63, 3.8) is 0 Å². The smallest absolute Gasteiger partial charge is 0.306 e. The third-order valence-electron chi connectivity index (χ3n) is 3.34. The number of rotatable bonds is 4. The van der Waals surface area contributed by atoms with Crippen molar-refractivity contribution >= 4 is 11.9 Å². The first-order valence-corrected chi connectivity index (χ1v) is 6.55. The monoisotopic (exact) mass is 266 g/mol. The minimum Gasteiger partial charge on any atom is -0.481 e. The van der Waals surface area contributed by atoms with Crippen molar-refractivity contribution in [1.29, 1.82) is 0 Å². The molecule has 0 aromatic carbocycles. The van der Waals surface area contributed by atoms with Crippen molar-refractivity contribution in [2.24, 2.45) is 5.92 Å². The van der Waals surface area contributed by atoms with Gasteiger partial charge in [-0.1, -0.05) is 6.92 Å². The van der Waals surface area contributed by atoms with Gasteiger partial charge in [0.2, 0.25) is 5.82 Å². The number of aromatic nitrogens is 3. The van der Waals surface area contributed by atoms with Crippen LogP contribution in [0.4, 0.5) is 0 Å². The second kappa shape index (κ2) is 5.81. The summed E-state index contributed by atoms with van der Waals surface area (Å²) in [5.74, 6) is -0.451. The largest absolute Gasteiger partial charge is 0.481 e. The summed E-state index contributed by atoms with van der Waals surface area (Å²) < 4.78 is 0. The second-order valence-electron chi connectivity index (χ2n) is 4.76. The molecular weight excluding hydrogens is 248 g/mol. The zero-order chi connectivity index (χ0) is 13.8. The van der Waals surface area contributed by atoms with Gasteiger partial charge < -0.3 is 10.0 Å². The van der Waals surface area contributed by atoms with Gasteiger partial charge in [-0.05, 0) is 19.3 Å². The number of nitrogens with one attached hydrogen (secondary N) is 1. The topological polar surface area (TPSA) is 99.2 Å². The molecule has 2 heterocycles. The number of H-pyrrole nitrogens is 1. The first-order valence-electron chi connectivity index (χ1n) is 6.55. The van der Waals surface area contributed by atoms with Gasteiger partial charge in [0.05, 0.1) is 5.92 Å². The minimum atomic E-state index is -0.782. The van der Waals surface area contributed by atoms with Crippen LogP contribution in [0.3, 0.4) is 0 Å². The van der Waals surface area contributed by atoms with Crippen molar-refractivity contribution in [1.82, 2.24) is 20.1 Å². The Kier molecular flexibility index (Phi) is 4.13. The third kappa shape index (κ3) is 3.10. The molecule has 1 aliphatic rings. The van der Waals surface area contributed by atoms with Crippen molar-refractivity contribution in [3.05, 3.63) is 11.6 Å². The molecule has 1 fully saturated rings. The predicted molar refractivity (Wildman–Crippen MR) is 66.6 cm³/mol. The number of carbonyl (C=O) groups excluding carboxylic acids is 1. The SMILES string of the molecule is CCCc1nc(C(=O)N2CCC(C(=O)O)CC2)n[nH]1. The highest BCUT2D eigenvalue weighted by Gasteiger charge is 2.28. The zero-order valence-electron chi connectivity index (χ0n) is 10.9. The van der Waals surface area contributed by atoms with E-state index in [9.17, 15) is 9.59 Å². The van der Waals surface area contributed by atoms with Gasteiger partial charge in [-0.15, -0.1) is 5.10 Å². The van der Waals surface area contributed by atoms with Crippen LogP contribution in [0.25, 0.3) is 0 Å². The number of nitrogens with zero attached hydrogens (tertiary/aromatic N) is 3. The summed E-state index contributed by atoms with van der Waals surface area (Å²) in [6, 6.07) is 0. The summed E-state index contributed by atoms with van der Waals surface area (Å²) in [7, 11) is 0. The average Bonchev–Trinajstić information content (AvgIpc) is 2.87. The Bertz CT molecular complexity index is 463. The second-order valence-corrected chi connectivity index (χ2v) is 4.76. The number of aromatic amines is 1. The van der Waals surface area contributed by atoms with E-state index in [1.165, 1.54) is 0 Å². The molecule has 1 amide bonds. The predicted octanol–water partition coefficient (Wildman–Crippen LogP) is 0.694. The van der Waals surface area contributed by atoms with E-state index in [1.807, 2.05) is 6.92 Å². The molecule has 0 atom stereocenters. The number of hydrogen-bond acceptors (Lipinski definition) is 4. The van der Waals surface area contributed by atoms with Crippen molar-refractivity contribution in [2.45, 2.75) is 32.6 Å². The van der Waals surface area contributed by atoms with Crippen molar-refractivity contribution in [3.8, 4) is 0 Å². The molecule has 0 radical (unpaired) electrons. The highest BCUT2D eigenvalue weighted by Crippen LogP contribution is 2.18. The molecule has 1 aromatic rings. The highest BCUT2D eigenvalue weighted by atomic mass is 16.4. The van der Waals surface area contributed by atoms with E-state index in [0.717, 1.165) is 12.8 Å². The molecule has 1 aliphatic heterocycles. The van der Waals surface area contributed by atoms with E-state index in [-0.39, 0.29) is 17.6 Å². The zero-order valence-corrected chi connectivity index (χ0v) is 10.9. The molecule has 1 saturated heterocycles. The molecule has 104 valence electrons. The van der Waals surface area contributed by atoms with Gasteiger partial charge >= 0.3 is 5.97 Å². The quantitative estimate of drug-likeness (QED) is 0.835. The molecule has 0 spiro atoms. The van der Waals surface area contributed by atoms with Gasteiger partial charge in [-0.25, -0.2) is 4.98 Å². The van der Waals surface area contributed by atoms with Crippen LogP contribution in [0, 0.1) is 5.92 Å². The van der Waals surface area contributed by atoms with Crippen LogP contribution in [-0.2, 0) is 11.2 Å². The Morgan fingerprint density at radius 3 is 2.68 bits per heavy atom. The number of likely N-dealkylation sites (tertiary alicyclic amines) is 1. The molecule has 2 N–H and O–H groups in total. The lowest BCUT2D eigenvalue weighted by Crippen LogP contribution is -2.40. The summed E-state index contributed by atoms with van der Waals surface area (Å²) >= 11 is 0. The number of aryl methyl sites for hydroxylation is 1. The van der Waals surface area contributed by atoms with Crippen LogP contribution in [0.5, 0.6) is 0 Å². The fourth-order valence-electron chi connectivity index (χ4n) is 2.21. The van der Waals surface area contributed by atoms with E-state index in [2.05, 4.69) is 15.2 Å². The maximum Gasteiger partial charge on any atom is 0.306 e. The number of carboxylic acids is 1. The average molecular weight is 266 g/mol. The van der Waals surface area contributed by atoms with Crippen LogP contribution >= 0.6 is 0 Å². The van der Waals surface area contributed by atoms with Crippen LogP contribution in [0.1, 0.15) is 42.6 Å². The minimum absolute atomic E-state index is 0.178. The molecule has 2 rings (SSSR count). The van der Waals surface area contributed by atoms with E-state index in [4.69, 9.17) is 5.11 Å². The fraction of sp³-hybridized carbons (Fsp3) is 0.667. The Balaban J connectivity index is 1.95. The Hall–Kier alpha value is -1.92. The maximum absolute atomic E-state index is 12.1. The molecule has 0 aliphatic carbocycles. The van der Waals surface area contributed by atoms with Crippen LogP contribution < -0.4 is 0 Å². The number of carbonyl (C=O) groups is 2. The number of amides is 1. The molecule has 0 bridgehead atoms. The number of piperidine rings is 1. The number of aliphatic carboxylic acids is 1. The van der Waals surface area contributed by atoms with Gasteiger partial charge in [-0.3, -0.25) is 14.7 Å². The lowest BCUT2D eigenvalue weighted by molar-refractivity contribution is -0.143. The van der Waals surface area contributed by atoms with E-state index in [1.54, 1.807) is 4.90 Å². The third-order valence-corrected chi connectivity index (χ3v) is 3.34. The summed E-state index contributed by atoms with van der Waals surface area (Å²) in [5, 5.41) is 15.6. The van der Waals surface area contributed by atoms with Gasteiger partial charge in [0, 0.05) is 19.5 Å². The Labute approximate surface area is 111 Å². The normalized spacial score (nSPS) is 16.6. The van der Waals surface area contributed by atoms with Gasteiger partial charge in [-0.2, -0.15) is 0 Å². The molecule has 19 heavy (non-hydrogen) atoms. The maximum atomic E-state index is 12.1. The van der Waals surface area contributed by atoms with Gasteiger partial charge in [0.25, 0.3) is 5.91 Å². The lowest BCUT2D eigenvalue weighted by atomic mass is 9.97. The van der Waals surface area contributed by atoms with Crippen LogP contribution in [0.2, 0.25) is 0 Å². The molecule has 1 aromatic heterocycles. The number of carboxylic acid groups (broad SMARTS) is 1. The molecule has 0 unspecified atom stereocenters. The molecular formula is C12H18N4O3. The summed E-state index contributed by atoms with van der Waals surface area (Å²) in [4.78, 5) is 28.7. The lowest BCUT2D eigenvalue weighted by Gasteiger charge is -2.29. The van der Waals surface area contributed by atoms with Gasteiger partial charge in [0.15, 0.2) is 0 Å². The molecule has 7 nitrogen and oxygen atoms in total. The van der Waals surface area contributed by atoms with Crippen LogP contribution in [0.15, 0.2) is 0 Å². The first-order chi connectivity index (χ1) is 9.11.